The fourth-order valence-corrected chi connectivity index (χ4v) is 8.24. The van der Waals surface area contributed by atoms with E-state index >= 15 is 0 Å². The maximum atomic E-state index is 12.8. The highest BCUT2D eigenvalue weighted by Gasteiger charge is 2.19. The van der Waals surface area contributed by atoms with Gasteiger partial charge in [0.25, 0.3) is 0 Å². The number of allylic oxidation sites excluding steroid dienone is 10. The van der Waals surface area contributed by atoms with Crippen molar-refractivity contribution in [1.29, 1.82) is 0 Å². The van der Waals surface area contributed by atoms with E-state index in [0.29, 0.717) is 19.3 Å². The second-order valence-electron chi connectivity index (χ2n) is 19.2. The molecule has 6 nitrogen and oxygen atoms in total. The summed E-state index contributed by atoms with van der Waals surface area (Å²) in [4.78, 5) is 38.0. The molecule has 0 radical (unpaired) electrons. The van der Waals surface area contributed by atoms with Gasteiger partial charge in [-0.3, -0.25) is 14.4 Å². The van der Waals surface area contributed by atoms with Gasteiger partial charge in [0.05, 0.1) is 0 Å². The summed E-state index contributed by atoms with van der Waals surface area (Å²) in [7, 11) is 0. The molecule has 0 fully saturated rings. The number of ether oxygens (including phenoxy) is 3. The Morgan fingerprint density at radius 3 is 0.910 bits per heavy atom. The lowest BCUT2D eigenvalue weighted by molar-refractivity contribution is -0.167. The van der Waals surface area contributed by atoms with Crippen LogP contribution in [0.3, 0.4) is 0 Å². The number of hydrogen-bond acceptors (Lipinski definition) is 6. The zero-order valence-electron chi connectivity index (χ0n) is 44.4. The molecule has 0 rings (SSSR count). The normalized spacial score (nSPS) is 12.5. The molecule has 0 spiro atoms. The monoisotopic (exact) mass is 937 g/mol. The summed E-state index contributed by atoms with van der Waals surface area (Å²) in [5.74, 6) is -0.889. The molecule has 1 unspecified atom stereocenters. The van der Waals surface area contributed by atoms with Gasteiger partial charge in [-0.2, -0.15) is 0 Å². The largest absolute Gasteiger partial charge is 0.462 e. The third kappa shape index (κ3) is 53.9. The fourth-order valence-electron chi connectivity index (χ4n) is 8.24. The number of carbonyl (C=O) groups excluding carboxylic acids is 3. The third-order valence-corrected chi connectivity index (χ3v) is 12.5. The zero-order chi connectivity index (χ0) is 48.6. The SMILES string of the molecule is CC/C=C\C/C=C\C/C=C\C/C=C\C/C=C\CCCCCCCC(=O)OCC(COC(=O)CCCCCCCCCC)OC(=O)CCCCCCCCCCCCCCCCCCCCCC. The molecule has 0 saturated carbocycles. The third-order valence-electron chi connectivity index (χ3n) is 12.5. The Kier molecular flexibility index (Phi) is 53.3. The number of rotatable bonds is 52. The first-order chi connectivity index (χ1) is 33.0. The van der Waals surface area contributed by atoms with Crippen molar-refractivity contribution in [3.8, 4) is 0 Å². The molecule has 0 heterocycles. The molecule has 0 aromatic carbocycles. The van der Waals surface area contributed by atoms with Crippen molar-refractivity contribution in [3.05, 3.63) is 60.8 Å². The van der Waals surface area contributed by atoms with E-state index in [0.717, 1.165) is 109 Å². The molecule has 0 bridgehead atoms. The van der Waals surface area contributed by atoms with Crippen LogP contribution in [0.2, 0.25) is 0 Å². The zero-order valence-corrected chi connectivity index (χ0v) is 44.4. The first-order valence-electron chi connectivity index (χ1n) is 28.8. The minimum Gasteiger partial charge on any atom is -0.462 e. The standard InChI is InChI=1S/C61H108O6/c1-4-7-10-13-16-19-21-23-25-27-29-31-33-34-36-38-40-42-45-48-51-54-60(63)66-57-58(56-65-59(62)53-50-47-44-18-15-12-9-6-3)67-61(64)55-52-49-46-43-41-39-37-35-32-30-28-26-24-22-20-17-14-11-8-5-2/h7,10,16,19,23,25,29,31,34,36,58H,4-6,8-9,11-15,17-18,20-22,24,26-28,30,32-33,35,37-57H2,1-3H3/b10-7-,19-16-,25-23-,31-29-,36-34-. The number of carbonyl (C=O) groups is 3. The molecular formula is C61H108O6. The summed E-state index contributed by atoms with van der Waals surface area (Å²) in [6.45, 7) is 6.51. The molecule has 0 aromatic heterocycles. The van der Waals surface area contributed by atoms with Crippen LogP contribution >= 0.6 is 0 Å². The fraction of sp³-hybridized carbons (Fsp3) is 0.787. The molecule has 0 aliphatic rings. The summed E-state index contributed by atoms with van der Waals surface area (Å²) in [6, 6.07) is 0. The van der Waals surface area contributed by atoms with E-state index in [1.165, 1.54) is 141 Å². The number of unbranched alkanes of at least 4 members (excludes halogenated alkanes) is 31. The topological polar surface area (TPSA) is 78.9 Å². The Morgan fingerprint density at radius 1 is 0.313 bits per heavy atom. The Labute approximate surface area is 415 Å². The lowest BCUT2D eigenvalue weighted by atomic mass is 10.0. The molecule has 0 aromatic rings. The molecule has 0 aliphatic heterocycles. The van der Waals surface area contributed by atoms with Crippen molar-refractivity contribution in [1.82, 2.24) is 0 Å². The number of hydrogen-bond donors (Lipinski definition) is 0. The molecule has 6 heteroatoms. The van der Waals surface area contributed by atoms with Crippen molar-refractivity contribution in [2.75, 3.05) is 13.2 Å². The van der Waals surface area contributed by atoms with Crippen LogP contribution in [0.4, 0.5) is 0 Å². The van der Waals surface area contributed by atoms with Gasteiger partial charge in [0.1, 0.15) is 13.2 Å². The summed E-state index contributed by atoms with van der Waals surface area (Å²) >= 11 is 0. The lowest BCUT2D eigenvalue weighted by Crippen LogP contribution is -2.30. The van der Waals surface area contributed by atoms with E-state index in [9.17, 15) is 14.4 Å². The van der Waals surface area contributed by atoms with Crippen LogP contribution in [-0.4, -0.2) is 37.2 Å². The van der Waals surface area contributed by atoms with Gasteiger partial charge in [-0.25, -0.2) is 0 Å². The van der Waals surface area contributed by atoms with Crippen LogP contribution < -0.4 is 0 Å². The van der Waals surface area contributed by atoms with Gasteiger partial charge in [-0.1, -0.05) is 268 Å². The number of esters is 3. The summed E-state index contributed by atoms with van der Waals surface area (Å²) in [5, 5.41) is 0. The van der Waals surface area contributed by atoms with Crippen LogP contribution in [0, 0.1) is 0 Å². The highest BCUT2D eigenvalue weighted by molar-refractivity contribution is 5.71. The maximum Gasteiger partial charge on any atom is 0.306 e. The van der Waals surface area contributed by atoms with Gasteiger partial charge < -0.3 is 14.2 Å². The average Bonchev–Trinajstić information content (AvgIpc) is 3.33. The van der Waals surface area contributed by atoms with Crippen LogP contribution in [0.25, 0.3) is 0 Å². The van der Waals surface area contributed by atoms with Gasteiger partial charge in [0.2, 0.25) is 0 Å². The minimum atomic E-state index is -0.778. The Hall–Kier alpha value is -2.89. The molecule has 0 saturated heterocycles. The first-order valence-corrected chi connectivity index (χ1v) is 28.8. The second kappa shape index (κ2) is 55.7. The van der Waals surface area contributed by atoms with Crippen LogP contribution in [0.5, 0.6) is 0 Å². The van der Waals surface area contributed by atoms with Gasteiger partial charge in [-0.05, 0) is 64.2 Å². The maximum absolute atomic E-state index is 12.8. The minimum absolute atomic E-state index is 0.0774. The van der Waals surface area contributed by atoms with Gasteiger partial charge in [0, 0.05) is 19.3 Å². The van der Waals surface area contributed by atoms with Crippen molar-refractivity contribution < 1.29 is 28.6 Å². The van der Waals surface area contributed by atoms with Crippen LogP contribution in [0.15, 0.2) is 60.8 Å². The molecule has 0 N–H and O–H groups in total. The smallest absolute Gasteiger partial charge is 0.306 e. The van der Waals surface area contributed by atoms with Crippen molar-refractivity contribution >= 4 is 17.9 Å². The predicted molar refractivity (Wildman–Crippen MR) is 288 cm³/mol. The van der Waals surface area contributed by atoms with Gasteiger partial charge in [-0.15, -0.1) is 0 Å². The van der Waals surface area contributed by atoms with E-state index < -0.39 is 6.10 Å². The summed E-state index contributed by atoms with van der Waals surface area (Å²) in [5.41, 5.74) is 0. The van der Waals surface area contributed by atoms with Gasteiger partial charge in [0.15, 0.2) is 6.10 Å². The van der Waals surface area contributed by atoms with E-state index in [-0.39, 0.29) is 31.1 Å². The Bertz CT molecular complexity index is 1210. The highest BCUT2D eigenvalue weighted by Crippen LogP contribution is 2.16. The molecule has 0 amide bonds. The molecule has 67 heavy (non-hydrogen) atoms. The summed E-state index contributed by atoms with van der Waals surface area (Å²) in [6.07, 6.45) is 69.4. The van der Waals surface area contributed by atoms with Crippen molar-refractivity contribution in [2.24, 2.45) is 0 Å². The average molecular weight is 938 g/mol. The van der Waals surface area contributed by atoms with Crippen LogP contribution in [0.1, 0.15) is 290 Å². The van der Waals surface area contributed by atoms with E-state index in [2.05, 4.69) is 81.5 Å². The van der Waals surface area contributed by atoms with Gasteiger partial charge >= 0.3 is 17.9 Å². The molecule has 1 atom stereocenters. The second-order valence-corrected chi connectivity index (χ2v) is 19.2. The highest BCUT2D eigenvalue weighted by atomic mass is 16.6. The molecular weight excluding hydrogens is 829 g/mol. The van der Waals surface area contributed by atoms with Crippen LogP contribution in [-0.2, 0) is 28.6 Å². The lowest BCUT2D eigenvalue weighted by Gasteiger charge is -2.18. The van der Waals surface area contributed by atoms with E-state index in [4.69, 9.17) is 14.2 Å². The van der Waals surface area contributed by atoms with Crippen molar-refractivity contribution in [2.45, 2.75) is 297 Å². The Morgan fingerprint density at radius 2 is 0.582 bits per heavy atom. The van der Waals surface area contributed by atoms with E-state index in [1.54, 1.807) is 0 Å². The van der Waals surface area contributed by atoms with Crippen molar-refractivity contribution in [3.63, 3.8) is 0 Å². The quantitative estimate of drug-likeness (QED) is 0.0262. The predicted octanol–water partition coefficient (Wildman–Crippen LogP) is 19.2. The Balaban J connectivity index is 4.25. The van der Waals surface area contributed by atoms with E-state index in [1.807, 2.05) is 0 Å². The summed E-state index contributed by atoms with van der Waals surface area (Å²) < 4.78 is 16.8. The first kappa shape index (κ1) is 64.1. The molecule has 0 aliphatic carbocycles. The molecule has 388 valence electrons.